The van der Waals surface area contributed by atoms with Crippen LogP contribution in [0.15, 0.2) is 109 Å². The van der Waals surface area contributed by atoms with Gasteiger partial charge < -0.3 is 14.7 Å². The Labute approximate surface area is 291 Å². The molecule has 0 N–H and O–H groups in total. The molecule has 3 aromatic carbocycles. The second-order valence-electron chi connectivity index (χ2n) is 12.8. The van der Waals surface area contributed by atoms with Crippen molar-refractivity contribution in [1.82, 2.24) is 14.8 Å². The molecule has 0 saturated carbocycles. The van der Waals surface area contributed by atoms with Crippen LogP contribution in [0.1, 0.15) is 54.9 Å². The van der Waals surface area contributed by atoms with Crippen molar-refractivity contribution < 1.29 is 14.0 Å². The fourth-order valence-corrected chi connectivity index (χ4v) is 6.64. The Morgan fingerprint density at radius 2 is 1.39 bits per heavy atom. The van der Waals surface area contributed by atoms with Crippen LogP contribution in [0.4, 0.5) is 15.9 Å². The maximum absolute atomic E-state index is 12.9. The molecule has 258 valence electrons. The van der Waals surface area contributed by atoms with Gasteiger partial charge in [-0.05, 0) is 86.3 Å². The van der Waals surface area contributed by atoms with Gasteiger partial charge in [-0.3, -0.25) is 14.5 Å². The average Bonchev–Trinajstić information content (AvgIpc) is 3.16. The third-order valence-electron chi connectivity index (χ3n) is 9.48. The number of nitrogens with zero attached hydrogens (tertiary/aromatic N) is 5. The molecule has 7 nitrogen and oxygen atoms in total. The van der Waals surface area contributed by atoms with Crippen molar-refractivity contribution in [3.63, 3.8) is 0 Å². The van der Waals surface area contributed by atoms with Gasteiger partial charge in [0.2, 0.25) is 5.91 Å². The molecule has 3 heterocycles. The lowest BCUT2D eigenvalue weighted by Crippen LogP contribution is -2.47. The quantitative estimate of drug-likeness (QED) is 0.150. The molecule has 0 atom stereocenters. The summed E-state index contributed by atoms with van der Waals surface area (Å²) < 4.78 is 12.9. The molecule has 0 radical (unpaired) electrons. The van der Waals surface area contributed by atoms with Gasteiger partial charge in [-0.1, -0.05) is 61.5 Å². The Balaban J connectivity index is 0.000000191. The standard InChI is InChI=1S/C22H28N2O.C19H22FN3O/c1-2-22(25)24(20-11-7-4-8-12-20)21-14-17-23(18-15-21)16-13-19-9-5-3-6-10-19;20-17-8-6-16(7-9-17)18(24)4-3-11-22-12-14-23(15-13-22)19-5-1-2-10-21-19/h3-12,21H,2,13-18H2,1H3;1-2,5-10H,3-4,11-15H2. The number of carbonyl (C=O) groups is 2. The van der Waals surface area contributed by atoms with E-state index in [0.29, 0.717) is 24.4 Å². The van der Waals surface area contributed by atoms with E-state index in [2.05, 4.69) is 62.1 Å². The van der Waals surface area contributed by atoms with E-state index in [9.17, 15) is 14.0 Å². The molecule has 0 spiro atoms. The number of para-hydroxylation sites is 1. The molecule has 2 aliphatic heterocycles. The number of rotatable bonds is 12. The number of hydrogen-bond acceptors (Lipinski definition) is 6. The van der Waals surface area contributed by atoms with E-state index in [1.807, 2.05) is 54.4 Å². The van der Waals surface area contributed by atoms with E-state index >= 15 is 0 Å². The van der Waals surface area contributed by atoms with E-state index in [1.165, 1.54) is 17.7 Å². The minimum atomic E-state index is -0.308. The number of Topliss-reactive ketones (excluding diaryl/α,β-unsaturated/α-hetero) is 1. The molecule has 2 aliphatic rings. The molecule has 1 aromatic heterocycles. The van der Waals surface area contributed by atoms with Crippen molar-refractivity contribution in [3.8, 4) is 0 Å². The molecule has 49 heavy (non-hydrogen) atoms. The summed E-state index contributed by atoms with van der Waals surface area (Å²) in [6, 6.07) is 32.9. The number of benzene rings is 3. The Bertz CT molecular complexity index is 1540. The number of piperidine rings is 1. The molecule has 0 bridgehead atoms. The predicted molar refractivity (Wildman–Crippen MR) is 197 cm³/mol. The topological polar surface area (TPSA) is 60.0 Å². The maximum Gasteiger partial charge on any atom is 0.226 e. The SMILES string of the molecule is CCC(=O)N(c1ccccc1)C1CCN(CCc2ccccc2)CC1.O=C(CCCN1CCN(c2ccccn2)CC1)c1ccc(F)cc1. The summed E-state index contributed by atoms with van der Waals surface area (Å²) in [5, 5.41) is 0. The summed E-state index contributed by atoms with van der Waals surface area (Å²) in [5.41, 5.74) is 3.03. The molecule has 2 saturated heterocycles. The number of halogens is 1. The van der Waals surface area contributed by atoms with E-state index in [4.69, 9.17) is 0 Å². The third-order valence-corrected chi connectivity index (χ3v) is 9.48. The molecular weight excluding hydrogens is 613 g/mol. The van der Waals surface area contributed by atoms with Crippen molar-refractivity contribution in [2.45, 2.75) is 51.5 Å². The van der Waals surface area contributed by atoms with Crippen LogP contribution in [-0.4, -0.2) is 84.9 Å². The first kappa shape index (κ1) is 35.9. The summed E-state index contributed by atoms with van der Waals surface area (Å²) in [4.78, 5) is 38.2. The summed E-state index contributed by atoms with van der Waals surface area (Å²) in [7, 11) is 0. The van der Waals surface area contributed by atoms with Crippen LogP contribution in [-0.2, 0) is 11.2 Å². The second-order valence-corrected chi connectivity index (χ2v) is 12.8. The zero-order valence-electron chi connectivity index (χ0n) is 28.8. The average molecular weight is 664 g/mol. The lowest BCUT2D eigenvalue weighted by molar-refractivity contribution is -0.119. The van der Waals surface area contributed by atoms with E-state index in [-0.39, 0.29) is 17.5 Å². The van der Waals surface area contributed by atoms with Gasteiger partial charge in [0, 0.05) is 82.1 Å². The largest absolute Gasteiger partial charge is 0.354 e. The van der Waals surface area contributed by atoms with Crippen LogP contribution in [0, 0.1) is 5.82 Å². The number of likely N-dealkylation sites (tertiary alicyclic amines) is 1. The molecule has 4 aromatic rings. The predicted octanol–water partition coefficient (Wildman–Crippen LogP) is 7.14. The third kappa shape index (κ3) is 11.1. The monoisotopic (exact) mass is 663 g/mol. The highest BCUT2D eigenvalue weighted by molar-refractivity contribution is 5.96. The van der Waals surface area contributed by atoms with Gasteiger partial charge in [-0.15, -0.1) is 0 Å². The van der Waals surface area contributed by atoms with E-state index in [1.54, 1.807) is 12.1 Å². The van der Waals surface area contributed by atoms with Gasteiger partial charge in [-0.2, -0.15) is 0 Å². The van der Waals surface area contributed by atoms with Crippen molar-refractivity contribution in [2.75, 3.05) is 62.2 Å². The number of ketones is 1. The number of piperazine rings is 1. The van der Waals surface area contributed by atoms with Crippen LogP contribution in [0.2, 0.25) is 0 Å². The number of anilines is 2. The van der Waals surface area contributed by atoms with Gasteiger partial charge in [-0.25, -0.2) is 9.37 Å². The van der Waals surface area contributed by atoms with Gasteiger partial charge in [0.15, 0.2) is 5.78 Å². The molecule has 0 aliphatic carbocycles. The first-order chi connectivity index (χ1) is 24.0. The van der Waals surface area contributed by atoms with Gasteiger partial charge in [0.05, 0.1) is 0 Å². The zero-order chi connectivity index (χ0) is 34.3. The minimum Gasteiger partial charge on any atom is -0.354 e. The highest BCUT2D eigenvalue weighted by atomic mass is 19.1. The number of hydrogen-bond donors (Lipinski definition) is 0. The highest BCUT2D eigenvalue weighted by Gasteiger charge is 2.28. The minimum absolute atomic E-state index is 0.0853. The smallest absolute Gasteiger partial charge is 0.226 e. The molecule has 1 amide bonds. The fourth-order valence-electron chi connectivity index (χ4n) is 6.64. The second kappa shape index (κ2) is 19.0. The lowest BCUT2D eigenvalue weighted by atomic mass is 10.0. The first-order valence-corrected chi connectivity index (χ1v) is 17.8. The maximum atomic E-state index is 12.9. The van der Waals surface area contributed by atoms with Crippen LogP contribution in [0.5, 0.6) is 0 Å². The lowest BCUT2D eigenvalue weighted by Gasteiger charge is -2.38. The highest BCUT2D eigenvalue weighted by Crippen LogP contribution is 2.25. The van der Waals surface area contributed by atoms with E-state index < -0.39 is 0 Å². The number of pyridine rings is 1. The van der Waals surface area contributed by atoms with Gasteiger partial charge >= 0.3 is 0 Å². The Morgan fingerprint density at radius 3 is 2.02 bits per heavy atom. The summed E-state index contributed by atoms with van der Waals surface area (Å²) in [6.07, 6.45) is 6.92. The normalized spacial score (nSPS) is 15.7. The first-order valence-electron chi connectivity index (χ1n) is 17.8. The summed E-state index contributed by atoms with van der Waals surface area (Å²) >= 11 is 0. The fraction of sp³-hybridized carbons (Fsp3) is 0.390. The van der Waals surface area contributed by atoms with Gasteiger partial charge in [0.25, 0.3) is 0 Å². The van der Waals surface area contributed by atoms with Crippen molar-refractivity contribution in [1.29, 1.82) is 0 Å². The Morgan fingerprint density at radius 1 is 0.755 bits per heavy atom. The van der Waals surface area contributed by atoms with Crippen LogP contribution >= 0.6 is 0 Å². The molecule has 8 heteroatoms. The Kier molecular flexibility index (Phi) is 13.9. The molecule has 2 fully saturated rings. The number of carbonyl (C=O) groups excluding carboxylic acids is 2. The molecule has 0 unspecified atom stereocenters. The van der Waals surface area contributed by atoms with Crippen LogP contribution in [0.3, 0.4) is 0 Å². The van der Waals surface area contributed by atoms with Crippen molar-refractivity contribution >= 4 is 23.2 Å². The van der Waals surface area contributed by atoms with Crippen LogP contribution in [0.25, 0.3) is 0 Å². The number of aromatic nitrogens is 1. The zero-order valence-corrected chi connectivity index (χ0v) is 28.8. The summed E-state index contributed by atoms with van der Waals surface area (Å²) in [5.74, 6) is 1.04. The summed E-state index contributed by atoms with van der Waals surface area (Å²) in [6.45, 7) is 10.0. The molecule has 6 rings (SSSR count). The number of amides is 1. The van der Waals surface area contributed by atoms with Crippen LogP contribution < -0.4 is 9.80 Å². The van der Waals surface area contributed by atoms with Crippen molar-refractivity contribution in [2.24, 2.45) is 0 Å². The van der Waals surface area contributed by atoms with Gasteiger partial charge in [0.1, 0.15) is 11.6 Å². The Hall–Kier alpha value is -4.40. The van der Waals surface area contributed by atoms with E-state index in [0.717, 1.165) is 89.5 Å². The molecular formula is C41H50FN5O2. The van der Waals surface area contributed by atoms with Crippen molar-refractivity contribution in [3.05, 3.63) is 126 Å².